The summed E-state index contributed by atoms with van der Waals surface area (Å²) < 4.78 is 27.2. The van der Waals surface area contributed by atoms with E-state index in [2.05, 4.69) is 9.71 Å². The first-order chi connectivity index (χ1) is 8.94. The Hall–Kier alpha value is -1.44. The lowest BCUT2D eigenvalue weighted by Crippen LogP contribution is -2.16. The van der Waals surface area contributed by atoms with Gasteiger partial charge in [-0.3, -0.25) is 9.71 Å². The van der Waals surface area contributed by atoms with Crippen molar-refractivity contribution in [3.05, 3.63) is 39.8 Å². The molecule has 0 aliphatic heterocycles. The van der Waals surface area contributed by atoms with Crippen LogP contribution in [0.3, 0.4) is 0 Å². The van der Waals surface area contributed by atoms with E-state index < -0.39 is 10.0 Å². The van der Waals surface area contributed by atoms with Gasteiger partial charge in [0.25, 0.3) is 10.0 Å². The Labute approximate surface area is 116 Å². The second-order valence-corrected chi connectivity index (χ2v) is 6.75. The normalized spacial score (nSPS) is 11.5. The summed E-state index contributed by atoms with van der Waals surface area (Å²) in [4.78, 5) is 5.00. The standard InChI is InChI=1S/C12H15N3O2S2/c1-8-7-18-11(5-13)12(8)19(16,17)15-10-4-3-9(2)14-6-10/h3-4,6-7,15H,5,13H2,1-2H3. The summed E-state index contributed by atoms with van der Waals surface area (Å²) in [5.41, 5.74) is 7.56. The maximum atomic E-state index is 12.4. The zero-order chi connectivity index (χ0) is 14.0. The number of thiophene rings is 1. The molecule has 0 aliphatic rings. The van der Waals surface area contributed by atoms with Crippen molar-refractivity contribution in [1.29, 1.82) is 0 Å². The van der Waals surface area contributed by atoms with E-state index in [-0.39, 0.29) is 11.4 Å². The zero-order valence-corrected chi connectivity index (χ0v) is 12.3. The quantitative estimate of drug-likeness (QED) is 0.904. The summed E-state index contributed by atoms with van der Waals surface area (Å²) in [5.74, 6) is 0. The van der Waals surface area contributed by atoms with Gasteiger partial charge < -0.3 is 5.73 Å². The fraction of sp³-hybridized carbons (Fsp3) is 0.250. The number of pyridine rings is 1. The third-order valence-electron chi connectivity index (χ3n) is 2.61. The molecule has 0 aromatic carbocycles. The largest absolute Gasteiger partial charge is 0.326 e. The Kier molecular flexibility index (Phi) is 3.88. The molecule has 7 heteroatoms. The number of nitrogens with zero attached hydrogens (tertiary/aromatic N) is 1. The van der Waals surface area contributed by atoms with Crippen LogP contribution < -0.4 is 10.5 Å². The zero-order valence-electron chi connectivity index (χ0n) is 10.7. The molecule has 0 aliphatic carbocycles. The highest BCUT2D eigenvalue weighted by Crippen LogP contribution is 2.28. The summed E-state index contributed by atoms with van der Waals surface area (Å²) in [6.07, 6.45) is 1.50. The van der Waals surface area contributed by atoms with Crippen molar-refractivity contribution >= 4 is 27.0 Å². The van der Waals surface area contributed by atoms with Crippen LogP contribution >= 0.6 is 11.3 Å². The van der Waals surface area contributed by atoms with Crippen molar-refractivity contribution < 1.29 is 8.42 Å². The molecule has 0 saturated carbocycles. The van der Waals surface area contributed by atoms with E-state index in [9.17, 15) is 8.42 Å². The molecular weight excluding hydrogens is 282 g/mol. The molecule has 2 heterocycles. The number of rotatable bonds is 4. The predicted molar refractivity (Wildman–Crippen MR) is 76.7 cm³/mol. The van der Waals surface area contributed by atoms with Gasteiger partial charge in [0.15, 0.2) is 0 Å². The molecule has 0 spiro atoms. The average Bonchev–Trinajstić information content (AvgIpc) is 2.74. The molecule has 0 atom stereocenters. The van der Waals surface area contributed by atoms with Crippen LogP contribution in [-0.2, 0) is 16.6 Å². The summed E-state index contributed by atoms with van der Waals surface area (Å²) in [5, 5.41) is 1.80. The number of nitrogens with two attached hydrogens (primary N) is 1. The molecule has 0 radical (unpaired) electrons. The fourth-order valence-corrected chi connectivity index (χ4v) is 4.47. The number of anilines is 1. The molecule has 0 amide bonds. The third kappa shape index (κ3) is 2.94. The smallest absolute Gasteiger partial charge is 0.263 e. The molecule has 2 aromatic rings. The Morgan fingerprint density at radius 2 is 2.11 bits per heavy atom. The highest BCUT2D eigenvalue weighted by atomic mass is 32.2. The molecular formula is C12H15N3O2S2. The minimum Gasteiger partial charge on any atom is -0.326 e. The Morgan fingerprint density at radius 1 is 1.37 bits per heavy atom. The molecule has 2 aromatic heterocycles. The molecule has 102 valence electrons. The van der Waals surface area contributed by atoms with Gasteiger partial charge in [-0.1, -0.05) is 0 Å². The van der Waals surface area contributed by atoms with Crippen LogP contribution in [0.1, 0.15) is 16.1 Å². The van der Waals surface area contributed by atoms with E-state index in [1.165, 1.54) is 17.5 Å². The summed E-state index contributed by atoms with van der Waals surface area (Å²) in [6, 6.07) is 3.44. The van der Waals surface area contributed by atoms with Crippen molar-refractivity contribution in [3.63, 3.8) is 0 Å². The maximum Gasteiger partial charge on any atom is 0.263 e. The highest BCUT2D eigenvalue weighted by Gasteiger charge is 2.22. The van der Waals surface area contributed by atoms with Gasteiger partial charge in [0.1, 0.15) is 4.90 Å². The van der Waals surface area contributed by atoms with E-state index in [1.54, 1.807) is 24.4 Å². The first-order valence-corrected chi connectivity index (χ1v) is 8.03. The Bertz CT molecular complexity index is 676. The van der Waals surface area contributed by atoms with Crippen molar-refractivity contribution in [2.24, 2.45) is 5.73 Å². The highest BCUT2D eigenvalue weighted by molar-refractivity contribution is 7.93. The molecule has 0 unspecified atom stereocenters. The number of hydrogen-bond donors (Lipinski definition) is 2. The number of aromatic nitrogens is 1. The minimum atomic E-state index is -3.62. The molecule has 19 heavy (non-hydrogen) atoms. The SMILES string of the molecule is Cc1ccc(NS(=O)(=O)c2c(C)csc2CN)cn1. The van der Waals surface area contributed by atoms with Gasteiger partial charge in [-0.15, -0.1) is 11.3 Å². The van der Waals surface area contributed by atoms with Crippen LogP contribution in [0.2, 0.25) is 0 Å². The number of aryl methyl sites for hydroxylation is 2. The number of nitrogens with one attached hydrogen (secondary N) is 1. The van der Waals surface area contributed by atoms with Crippen LogP contribution in [0.4, 0.5) is 5.69 Å². The number of sulfonamides is 1. The van der Waals surface area contributed by atoms with Crippen molar-refractivity contribution in [2.45, 2.75) is 25.3 Å². The van der Waals surface area contributed by atoms with Gasteiger partial charge in [-0.25, -0.2) is 8.42 Å². The van der Waals surface area contributed by atoms with Gasteiger partial charge in [-0.05, 0) is 36.9 Å². The van der Waals surface area contributed by atoms with Crippen molar-refractivity contribution in [2.75, 3.05) is 4.72 Å². The fourth-order valence-electron chi connectivity index (χ4n) is 1.72. The van der Waals surface area contributed by atoms with Gasteiger partial charge in [0.05, 0.1) is 11.9 Å². The topological polar surface area (TPSA) is 85.1 Å². The predicted octanol–water partition coefficient (Wildman–Crippen LogP) is 2.02. The van der Waals surface area contributed by atoms with Crippen LogP contribution in [0.5, 0.6) is 0 Å². The lowest BCUT2D eigenvalue weighted by molar-refractivity contribution is 0.600. The molecule has 0 bridgehead atoms. The van der Waals surface area contributed by atoms with Crippen molar-refractivity contribution in [3.8, 4) is 0 Å². The Morgan fingerprint density at radius 3 is 2.68 bits per heavy atom. The van der Waals surface area contributed by atoms with E-state index in [1.807, 2.05) is 6.92 Å². The average molecular weight is 297 g/mol. The van der Waals surface area contributed by atoms with Crippen LogP contribution in [-0.4, -0.2) is 13.4 Å². The Balaban J connectivity index is 2.37. The maximum absolute atomic E-state index is 12.4. The van der Waals surface area contributed by atoms with E-state index in [0.29, 0.717) is 16.1 Å². The summed E-state index contributed by atoms with van der Waals surface area (Å²) >= 11 is 1.36. The second kappa shape index (κ2) is 5.28. The van der Waals surface area contributed by atoms with E-state index in [4.69, 9.17) is 5.73 Å². The van der Waals surface area contributed by atoms with Crippen molar-refractivity contribution in [1.82, 2.24) is 4.98 Å². The second-order valence-electron chi connectivity index (χ2n) is 4.17. The summed E-state index contributed by atoms with van der Waals surface area (Å²) in [6.45, 7) is 3.81. The van der Waals surface area contributed by atoms with Crippen LogP contribution in [0.15, 0.2) is 28.6 Å². The lowest BCUT2D eigenvalue weighted by atomic mass is 10.3. The van der Waals surface area contributed by atoms with Gasteiger partial charge in [-0.2, -0.15) is 0 Å². The van der Waals surface area contributed by atoms with Gasteiger partial charge in [0, 0.05) is 17.1 Å². The molecule has 3 N–H and O–H groups in total. The monoisotopic (exact) mass is 297 g/mol. The van der Waals surface area contributed by atoms with E-state index >= 15 is 0 Å². The minimum absolute atomic E-state index is 0.209. The van der Waals surface area contributed by atoms with Gasteiger partial charge in [0.2, 0.25) is 0 Å². The molecule has 2 rings (SSSR count). The van der Waals surface area contributed by atoms with Crippen LogP contribution in [0, 0.1) is 13.8 Å². The van der Waals surface area contributed by atoms with Crippen LogP contribution in [0.25, 0.3) is 0 Å². The van der Waals surface area contributed by atoms with Gasteiger partial charge >= 0.3 is 0 Å². The third-order valence-corrected chi connectivity index (χ3v) is 5.47. The summed E-state index contributed by atoms with van der Waals surface area (Å²) in [7, 11) is -3.62. The molecule has 5 nitrogen and oxygen atoms in total. The lowest BCUT2D eigenvalue weighted by Gasteiger charge is -2.09. The first kappa shape index (κ1) is 14.0. The first-order valence-electron chi connectivity index (χ1n) is 5.66. The number of hydrogen-bond acceptors (Lipinski definition) is 5. The van der Waals surface area contributed by atoms with E-state index in [0.717, 1.165) is 5.69 Å². The molecule has 0 fully saturated rings. The molecule has 0 saturated heterocycles.